The number of benzene rings is 1. The van der Waals surface area contributed by atoms with E-state index < -0.39 is 0 Å². The van der Waals surface area contributed by atoms with Crippen LogP contribution in [0.15, 0.2) is 24.3 Å². The Balaban J connectivity index is 2.48. The first kappa shape index (κ1) is 14.0. The largest absolute Gasteiger partial charge is 0.399 e. The van der Waals surface area contributed by atoms with Crippen LogP contribution in [0.4, 0.5) is 11.4 Å². The van der Waals surface area contributed by atoms with E-state index in [-0.39, 0.29) is 12.5 Å². The molecule has 0 aliphatic rings. The number of nitrogen functional groups attached to an aromatic ring is 1. The Morgan fingerprint density at radius 2 is 2.33 bits per heavy atom. The molecule has 0 bridgehead atoms. The Kier molecular flexibility index (Phi) is 5.68. The van der Waals surface area contributed by atoms with Gasteiger partial charge in [-0.15, -0.1) is 0 Å². The van der Waals surface area contributed by atoms with E-state index in [4.69, 9.17) is 11.0 Å². The molecule has 0 saturated carbocycles. The van der Waals surface area contributed by atoms with E-state index in [0.29, 0.717) is 24.3 Å². The van der Waals surface area contributed by atoms with Gasteiger partial charge >= 0.3 is 0 Å². The number of hydrogen-bond acceptors (Lipinski definition) is 4. The normalized spacial score (nSPS) is 10.1. The first-order valence-electron chi connectivity index (χ1n) is 5.90. The van der Waals surface area contributed by atoms with Gasteiger partial charge in [0, 0.05) is 24.3 Å². The van der Waals surface area contributed by atoms with Crippen molar-refractivity contribution in [2.75, 3.05) is 30.7 Å². The summed E-state index contributed by atoms with van der Waals surface area (Å²) in [5.41, 5.74) is 6.94. The van der Waals surface area contributed by atoms with E-state index in [1.165, 1.54) is 0 Å². The molecular formula is C13H18N4O. The van der Waals surface area contributed by atoms with Gasteiger partial charge in [0.05, 0.1) is 12.6 Å². The van der Waals surface area contributed by atoms with Gasteiger partial charge in [-0.05, 0) is 24.7 Å². The fourth-order valence-electron chi connectivity index (χ4n) is 1.58. The number of hydrogen-bond donors (Lipinski definition) is 2. The molecule has 1 rings (SSSR count). The highest BCUT2D eigenvalue weighted by Gasteiger charge is 2.08. The van der Waals surface area contributed by atoms with Gasteiger partial charge in [-0.2, -0.15) is 5.26 Å². The SMILES string of the molecule is CCN(CCC#N)CC(=O)Nc1cccc(N)c1. The van der Waals surface area contributed by atoms with Crippen molar-refractivity contribution in [1.29, 1.82) is 5.26 Å². The summed E-state index contributed by atoms with van der Waals surface area (Å²) in [5, 5.41) is 11.3. The molecule has 0 heterocycles. The number of carbonyl (C=O) groups excluding carboxylic acids is 1. The lowest BCUT2D eigenvalue weighted by molar-refractivity contribution is -0.117. The second kappa shape index (κ2) is 7.30. The molecule has 5 heteroatoms. The maximum absolute atomic E-state index is 11.8. The standard InChI is InChI=1S/C13H18N4O/c1-2-17(8-4-7-14)10-13(18)16-12-6-3-5-11(15)9-12/h3,5-6,9H,2,4,8,10,15H2,1H3,(H,16,18). The minimum absolute atomic E-state index is 0.0969. The van der Waals surface area contributed by atoms with Crippen molar-refractivity contribution < 1.29 is 4.79 Å². The Morgan fingerprint density at radius 1 is 1.56 bits per heavy atom. The summed E-state index contributed by atoms with van der Waals surface area (Å²) in [6.07, 6.45) is 0.430. The molecule has 0 spiro atoms. The summed E-state index contributed by atoms with van der Waals surface area (Å²) in [4.78, 5) is 13.7. The molecule has 5 nitrogen and oxygen atoms in total. The minimum Gasteiger partial charge on any atom is -0.399 e. The van der Waals surface area contributed by atoms with Crippen LogP contribution in [0.5, 0.6) is 0 Å². The van der Waals surface area contributed by atoms with Crippen LogP contribution >= 0.6 is 0 Å². The predicted octanol–water partition coefficient (Wildman–Crippen LogP) is 1.44. The third-order valence-corrected chi connectivity index (χ3v) is 2.52. The zero-order valence-electron chi connectivity index (χ0n) is 10.5. The highest BCUT2D eigenvalue weighted by molar-refractivity contribution is 5.92. The van der Waals surface area contributed by atoms with E-state index in [0.717, 1.165) is 6.54 Å². The third kappa shape index (κ3) is 4.85. The summed E-state index contributed by atoms with van der Waals surface area (Å²) < 4.78 is 0. The van der Waals surface area contributed by atoms with Crippen molar-refractivity contribution in [2.45, 2.75) is 13.3 Å². The fraction of sp³-hybridized carbons (Fsp3) is 0.385. The highest BCUT2D eigenvalue weighted by atomic mass is 16.2. The van der Waals surface area contributed by atoms with Crippen molar-refractivity contribution in [1.82, 2.24) is 4.90 Å². The van der Waals surface area contributed by atoms with Gasteiger partial charge in [-0.25, -0.2) is 0 Å². The number of amides is 1. The molecule has 0 aliphatic carbocycles. The van der Waals surface area contributed by atoms with E-state index in [9.17, 15) is 4.79 Å². The summed E-state index contributed by atoms with van der Waals surface area (Å²) in [6, 6.07) is 9.13. The van der Waals surface area contributed by atoms with Crippen LogP contribution in [-0.2, 0) is 4.79 Å². The lowest BCUT2D eigenvalue weighted by atomic mass is 10.3. The zero-order valence-corrected chi connectivity index (χ0v) is 10.5. The maximum Gasteiger partial charge on any atom is 0.238 e. The number of rotatable bonds is 6. The monoisotopic (exact) mass is 246 g/mol. The average Bonchev–Trinajstić information content (AvgIpc) is 2.34. The molecule has 1 amide bonds. The number of nitrogens with zero attached hydrogens (tertiary/aromatic N) is 2. The fourth-order valence-corrected chi connectivity index (χ4v) is 1.58. The van der Waals surface area contributed by atoms with Crippen LogP contribution in [0.3, 0.4) is 0 Å². The van der Waals surface area contributed by atoms with Crippen molar-refractivity contribution >= 4 is 17.3 Å². The Labute approximate surface area is 107 Å². The van der Waals surface area contributed by atoms with Gasteiger partial charge in [-0.3, -0.25) is 9.69 Å². The van der Waals surface area contributed by atoms with Crippen molar-refractivity contribution in [3.63, 3.8) is 0 Å². The van der Waals surface area contributed by atoms with Crippen LogP contribution < -0.4 is 11.1 Å². The maximum atomic E-state index is 11.8. The second-order valence-electron chi connectivity index (χ2n) is 3.95. The highest BCUT2D eigenvalue weighted by Crippen LogP contribution is 2.11. The van der Waals surface area contributed by atoms with Gasteiger partial charge in [0.1, 0.15) is 0 Å². The molecule has 3 N–H and O–H groups in total. The molecule has 0 saturated heterocycles. The van der Waals surface area contributed by atoms with Gasteiger partial charge in [0.25, 0.3) is 0 Å². The van der Waals surface area contributed by atoms with Crippen molar-refractivity contribution in [2.24, 2.45) is 0 Å². The number of likely N-dealkylation sites (N-methyl/N-ethyl adjacent to an activating group) is 1. The van der Waals surface area contributed by atoms with Crippen LogP contribution in [0, 0.1) is 11.3 Å². The molecule has 18 heavy (non-hydrogen) atoms. The zero-order chi connectivity index (χ0) is 13.4. The summed E-state index contributed by atoms with van der Waals surface area (Å²) in [7, 11) is 0. The molecule has 0 radical (unpaired) electrons. The summed E-state index contributed by atoms with van der Waals surface area (Å²) >= 11 is 0. The van der Waals surface area contributed by atoms with Crippen LogP contribution in [0.2, 0.25) is 0 Å². The Hall–Kier alpha value is -2.06. The third-order valence-electron chi connectivity index (χ3n) is 2.52. The Bertz CT molecular complexity index is 439. The topological polar surface area (TPSA) is 82.2 Å². The molecule has 0 unspecified atom stereocenters. The molecule has 0 atom stereocenters. The molecule has 1 aromatic rings. The molecule has 1 aromatic carbocycles. The van der Waals surface area contributed by atoms with Gasteiger partial charge in [0.15, 0.2) is 0 Å². The minimum atomic E-state index is -0.0969. The number of nitrogens with one attached hydrogen (secondary N) is 1. The van der Waals surface area contributed by atoms with Crippen LogP contribution in [-0.4, -0.2) is 30.4 Å². The van der Waals surface area contributed by atoms with E-state index in [1.807, 2.05) is 11.8 Å². The lowest BCUT2D eigenvalue weighted by Gasteiger charge is -2.18. The number of carbonyl (C=O) groups is 1. The molecular weight excluding hydrogens is 228 g/mol. The summed E-state index contributed by atoms with van der Waals surface area (Å²) in [5.74, 6) is -0.0969. The van der Waals surface area contributed by atoms with Crippen molar-refractivity contribution in [3.05, 3.63) is 24.3 Å². The molecule has 0 aliphatic heterocycles. The van der Waals surface area contributed by atoms with E-state index in [1.54, 1.807) is 24.3 Å². The average molecular weight is 246 g/mol. The second-order valence-corrected chi connectivity index (χ2v) is 3.95. The van der Waals surface area contributed by atoms with Crippen LogP contribution in [0.1, 0.15) is 13.3 Å². The number of nitrogens with two attached hydrogens (primary N) is 1. The van der Waals surface area contributed by atoms with Gasteiger partial charge in [0.2, 0.25) is 5.91 Å². The molecule has 96 valence electrons. The van der Waals surface area contributed by atoms with Crippen molar-refractivity contribution in [3.8, 4) is 6.07 Å². The quantitative estimate of drug-likeness (QED) is 0.744. The van der Waals surface area contributed by atoms with E-state index in [2.05, 4.69) is 11.4 Å². The lowest BCUT2D eigenvalue weighted by Crippen LogP contribution is -2.33. The predicted molar refractivity (Wildman–Crippen MR) is 71.8 cm³/mol. The first-order chi connectivity index (χ1) is 8.65. The first-order valence-corrected chi connectivity index (χ1v) is 5.90. The summed E-state index contributed by atoms with van der Waals surface area (Å²) in [6.45, 7) is 3.60. The van der Waals surface area contributed by atoms with Crippen LogP contribution in [0.25, 0.3) is 0 Å². The molecule has 0 fully saturated rings. The molecule has 0 aromatic heterocycles. The van der Waals surface area contributed by atoms with E-state index >= 15 is 0 Å². The van der Waals surface area contributed by atoms with Gasteiger partial charge in [-0.1, -0.05) is 13.0 Å². The number of anilines is 2. The smallest absolute Gasteiger partial charge is 0.238 e. The Morgan fingerprint density at radius 3 is 2.94 bits per heavy atom. The number of nitriles is 1. The van der Waals surface area contributed by atoms with Gasteiger partial charge < -0.3 is 11.1 Å².